The van der Waals surface area contributed by atoms with Crippen molar-refractivity contribution < 1.29 is 14.3 Å². The molecule has 1 aromatic rings. The van der Waals surface area contributed by atoms with E-state index < -0.39 is 5.97 Å². The summed E-state index contributed by atoms with van der Waals surface area (Å²) in [7, 11) is 0. The first-order valence-electron chi connectivity index (χ1n) is 7.48. The van der Waals surface area contributed by atoms with Gasteiger partial charge in [0.15, 0.2) is 5.57 Å². The molecule has 1 aromatic carbocycles. The van der Waals surface area contributed by atoms with Gasteiger partial charge in [-0.2, -0.15) is 5.26 Å². The molecule has 0 aliphatic carbocycles. The van der Waals surface area contributed by atoms with Crippen molar-refractivity contribution in [3.8, 4) is 6.07 Å². The van der Waals surface area contributed by atoms with Crippen LogP contribution in [0.1, 0.15) is 25.8 Å². The lowest BCUT2D eigenvalue weighted by molar-refractivity contribution is -0.140. The predicted molar refractivity (Wildman–Crippen MR) is 88.7 cm³/mol. The zero-order valence-corrected chi connectivity index (χ0v) is 14.2. The van der Waals surface area contributed by atoms with Crippen LogP contribution in [0, 0.1) is 11.3 Å². The van der Waals surface area contributed by atoms with E-state index in [1.807, 2.05) is 32.0 Å². The lowest BCUT2D eigenvalue weighted by Crippen LogP contribution is -2.20. The smallest absolute Gasteiger partial charge is 0.350 e. The SMILES string of the molecule is CCOCCOC(=O)C(C#N)=C(CC)NCc1ccc(Cl)cc1. The minimum Gasteiger partial charge on any atom is -0.459 e. The highest BCUT2D eigenvalue weighted by atomic mass is 35.5. The second-order valence-corrected chi connectivity index (χ2v) is 5.07. The van der Waals surface area contributed by atoms with Gasteiger partial charge in [0.1, 0.15) is 12.7 Å². The molecule has 0 spiro atoms. The van der Waals surface area contributed by atoms with E-state index in [9.17, 15) is 10.1 Å². The molecule has 0 atom stereocenters. The Morgan fingerprint density at radius 1 is 1.26 bits per heavy atom. The van der Waals surface area contributed by atoms with Crippen molar-refractivity contribution in [2.75, 3.05) is 19.8 Å². The number of hydrogen-bond donors (Lipinski definition) is 1. The van der Waals surface area contributed by atoms with Gasteiger partial charge in [-0.1, -0.05) is 30.7 Å². The number of rotatable bonds is 9. The number of carbonyl (C=O) groups is 1. The maximum absolute atomic E-state index is 12.0. The highest BCUT2D eigenvalue weighted by Crippen LogP contribution is 2.12. The molecule has 0 fully saturated rings. The third-order valence-corrected chi connectivity index (χ3v) is 3.31. The lowest BCUT2D eigenvalue weighted by Gasteiger charge is -2.12. The molecule has 0 saturated carbocycles. The highest BCUT2D eigenvalue weighted by molar-refractivity contribution is 6.30. The van der Waals surface area contributed by atoms with Crippen molar-refractivity contribution in [3.63, 3.8) is 0 Å². The molecule has 0 amide bonds. The van der Waals surface area contributed by atoms with E-state index in [-0.39, 0.29) is 12.2 Å². The van der Waals surface area contributed by atoms with Crippen molar-refractivity contribution in [3.05, 3.63) is 46.1 Å². The number of halogens is 1. The second kappa shape index (κ2) is 10.7. The average Bonchev–Trinajstić information content (AvgIpc) is 2.56. The van der Waals surface area contributed by atoms with E-state index in [1.165, 1.54) is 0 Å². The Morgan fingerprint density at radius 3 is 2.52 bits per heavy atom. The van der Waals surface area contributed by atoms with Crippen LogP contribution in [0.15, 0.2) is 35.5 Å². The van der Waals surface area contributed by atoms with Crippen LogP contribution in [0.25, 0.3) is 0 Å². The van der Waals surface area contributed by atoms with Gasteiger partial charge in [0, 0.05) is 23.9 Å². The molecule has 23 heavy (non-hydrogen) atoms. The third-order valence-electron chi connectivity index (χ3n) is 3.06. The monoisotopic (exact) mass is 336 g/mol. The summed E-state index contributed by atoms with van der Waals surface area (Å²) in [6.07, 6.45) is 0.525. The van der Waals surface area contributed by atoms with Gasteiger partial charge >= 0.3 is 5.97 Å². The molecule has 1 N–H and O–H groups in total. The molecule has 0 heterocycles. The van der Waals surface area contributed by atoms with Gasteiger partial charge in [-0.15, -0.1) is 0 Å². The molecule has 0 radical (unpaired) electrons. The van der Waals surface area contributed by atoms with E-state index in [0.29, 0.717) is 36.9 Å². The predicted octanol–water partition coefficient (Wildman–Crippen LogP) is 3.20. The molecule has 0 aliphatic heterocycles. The van der Waals surface area contributed by atoms with Gasteiger partial charge in [0.05, 0.1) is 6.61 Å². The lowest BCUT2D eigenvalue weighted by atomic mass is 10.1. The van der Waals surface area contributed by atoms with E-state index in [1.54, 1.807) is 12.1 Å². The first-order chi connectivity index (χ1) is 11.1. The van der Waals surface area contributed by atoms with Gasteiger partial charge < -0.3 is 14.8 Å². The fourth-order valence-corrected chi connectivity index (χ4v) is 1.97. The van der Waals surface area contributed by atoms with Crippen LogP contribution in [0.2, 0.25) is 5.02 Å². The highest BCUT2D eigenvalue weighted by Gasteiger charge is 2.16. The Morgan fingerprint density at radius 2 is 1.96 bits per heavy atom. The fraction of sp³-hybridized carbons (Fsp3) is 0.412. The quantitative estimate of drug-likeness (QED) is 0.324. The zero-order chi connectivity index (χ0) is 17.1. The van der Waals surface area contributed by atoms with Gasteiger partial charge in [-0.25, -0.2) is 4.79 Å². The number of hydrogen-bond acceptors (Lipinski definition) is 5. The fourth-order valence-electron chi connectivity index (χ4n) is 1.85. The maximum Gasteiger partial charge on any atom is 0.350 e. The molecular weight excluding hydrogens is 316 g/mol. The van der Waals surface area contributed by atoms with Crippen LogP contribution in [-0.4, -0.2) is 25.8 Å². The minimum atomic E-state index is -0.632. The van der Waals surface area contributed by atoms with Crippen molar-refractivity contribution in [2.24, 2.45) is 0 Å². The van der Waals surface area contributed by atoms with Crippen LogP contribution in [0.5, 0.6) is 0 Å². The number of ether oxygens (including phenoxy) is 2. The van der Waals surface area contributed by atoms with Gasteiger partial charge in [-0.05, 0) is 31.0 Å². The standard InChI is InChI=1S/C17H21ClN2O3/c1-3-16(20-12-13-5-7-14(18)8-6-13)15(11-19)17(21)23-10-9-22-4-2/h5-8,20H,3-4,9-10,12H2,1-2H3. The largest absolute Gasteiger partial charge is 0.459 e. The summed E-state index contributed by atoms with van der Waals surface area (Å²) in [6.45, 7) is 5.24. The average molecular weight is 337 g/mol. The molecule has 1 rings (SSSR count). The number of benzene rings is 1. The number of nitriles is 1. The number of carbonyl (C=O) groups excluding carboxylic acids is 1. The van der Waals surface area contributed by atoms with Crippen LogP contribution in [0.4, 0.5) is 0 Å². The summed E-state index contributed by atoms with van der Waals surface area (Å²) in [5, 5.41) is 13.0. The Balaban J connectivity index is 2.68. The van der Waals surface area contributed by atoms with E-state index >= 15 is 0 Å². The normalized spacial score (nSPS) is 11.4. The Hall–Kier alpha value is -2.03. The molecule has 0 saturated heterocycles. The minimum absolute atomic E-state index is 0.00189. The Labute approximate surface area is 141 Å². The number of nitrogens with one attached hydrogen (secondary N) is 1. The molecule has 0 bridgehead atoms. The van der Waals surface area contributed by atoms with Crippen LogP contribution in [-0.2, 0) is 20.8 Å². The van der Waals surface area contributed by atoms with E-state index in [2.05, 4.69) is 5.32 Å². The van der Waals surface area contributed by atoms with Crippen LogP contribution >= 0.6 is 11.6 Å². The molecule has 6 heteroatoms. The summed E-state index contributed by atoms with van der Waals surface area (Å²) < 4.78 is 10.1. The summed E-state index contributed by atoms with van der Waals surface area (Å²) >= 11 is 5.84. The number of nitrogens with zero attached hydrogens (tertiary/aromatic N) is 1. The number of allylic oxidation sites excluding steroid dienone is 1. The van der Waals surface area contributed by atoms with Crippen molar-refractivity contribution >= 4 is 17.6 Å². The summed E-state index contributed by atoms with van der Waals surface area (Å²) in [4.78, 5) is 12.0. The third kappa shape index (κ3) is 6.72. The van der Waals surface area contributed by atoms with Gasteiger partial charge in [0.2, 0.25) is 0 Å². The van der Waals surface area contributed by atoms with Crippen LogP contribution in [0.3, 0.4) is 0 Å². The molecule has 124 valence electrons. The summed E-state index contributed by atoms with van der Waals surface area (Å²) in [5.74, 6) is -0.632. The summed E-state index contributed by atoms with van der Waals surface area (Å²) in [6, 6.07) is 9.27. The van der Waals surface area contributed by atoms with Crippen molar-refractivity contribution in [1.82, 2.24) is 5.32 Å². The van der Waals surface area contributed by atoms with Gasteiger partial charge in [-0.3, -0.25) is 0 Å². The molecule has 0 aromatic heterocycles. The Bertz CT molecular complexity index is 576. The molecular formula is C17H21ClN2O3. The second-order valence-electron chi connectivity index (χ2n) is 4.63. The zero-order valence-electron chi connectivity index (χ0n) is 13.4. The first kappa shape index (κ1) is 19.0. The molecule has 5 nitrogen and oxygen atoms in total. The summed E-state index contributed by atoms with van der Waals surface area (Å²) in [5.41, 5.74) is 1.56. The van der Waals surface area contributed by atoms with Crippen LogP contribution < -0.4 is 5.32 Å². The molecule has 0 aliphatic rings. The van der Waals surface area contributed by atoms with Gasteiger partial charge in [0.25, 0.3) is 0 Å². The number of esters is 1. The van der Waals surface area contributed by atoms with E-state index in [4.69, 9.17) is 21.1 Å². The maximum atomic E-state index is 12.0. The first-order valence-corrected chi connectivity index (χ1v) is 7.86. The van der Waals surface area contributed by atoms with E-state index in [0.717, 1.165) is 5.56 Å². The molecule has 0 unspecified atom stereocenters. The van der Waals surface area contributed by atoms with Crippen molar-refractivity contribution in [1.29, 1.82) is 5.26 Å². The Kier molecular flexibility index (Phi) is 8.81. The topological polar surface area (TPSA) is 71.3 Å². The van der Waals surface area contributed by atoms with Crippen molar-refractivity contribution in [2.45, 2.75) is 26.8 Å².